The molecular formula is C21H21F5N8. The van der Waals surface area contributed by atoms with Gasteiger partial charge in [-0.1, -0.05) is 0 Å². The maximum Gasteiger partial charge on any atom is 0.280 e. The molecule has 1 unspecified atom stereocenters. The molecule has 0 aliphatic carbocycles. The Bertz CT molecular complexity index is 1360. The SMILES string of the molecule is Cc1nc2ccc(-c3c(F)cn4nc(NC5CCN(C)CC5(F)F)ncc34)nc2n1CC(F)F. The molecule has 5 heterocycles. The van der Waals surface area contributed by atoms with Crippen LogP contribution in [0.2, 0.25) is 0 Å². The topological polar surface area (TPSA) is 76.2 Å². The van der Waals surface area contributed by atoms with Crippen molar-refractivity contribution >= 4 is 22.6 Å². The number of piperidine rings is 1. The number of pyridine rings is 1. The van der Waals surface area contributed by atoms with Gasteiger partial charge in [0, 0.05) is 6.54 Å². The van der Waals surface area contributed by atoms with Crippen LogP contribution in [-0.4, -0.2) is 72.6 Å². The van der Waals surface area contributed by atoms with Crippen LogP contribution in [0.25, 0.3) is 27.9 Å². The van der Waals surface area contributed by atoms with Gasteiger partial charge >= 0.3 is 0 Å². The molecule has 0 saturated carbocycles. The molecule has 0 amide bonds. The molecule has 0 bridgehead atoms. The zero-order valence-corrected chi connectivity index (χ0v) is 18.3. The van der Waals surface area contributed by atoms with Gasteiger partial charge in [0.25, 0.3) is 12.3 Å². The first kappa shape index (κ1) is 22.4. The van der Waals surface area contributed by atoms with Gasteiger partial charge in [-0.2, -0.15) is 0 Å². The van der Waals surface area contributed by atoms with Crippen LogP contribution in [-0.2, 0) is 6.54 Å². The summed E-state index contributed by atoms with van der Waals surface area (Å²) in [5, 5.41) is 6.81. The second-order valence-corrected chi connectivity index (χ2v) is 8.45. The van der Waals surface area contributed by atoms with Crippen LogP contribution in [0.15, 0.2) is 24.5 Å². The second kappa shape index (κ2) is 8.15. The minimum absolute atomic E-state index is 0.0580. The number of rotatable bonds is 5. The van der Waals surface area contributed by atoms with Crippen molar-refractivity contribution in [2.24, 2.45) is 0 Å². The largest absolute Gasteiger partial charge is 0.344 e. The third kappa shape index (κ3) is 3.93. The smallest absolute Gasteiger partial charge is 0.280 e. The highest BCUT2D eigenvalue weighted by molar-refractivity contribution is 5.83. The van der Waals surface area contributed by atoms with Crippen molar-refractivity contribution in [1.82, 2.24) is 34.0 Å². The zero-order valence-electron chi connectivity index (χ0n) is 18.3. The van der Waals surface area contributed by atoms with E-state index in [1.807, 2.05) is 0 Å². The van der Waals surface area contributed by atoms with Gasteiger partial charge in [-0.15, -0.1) is 5.10 Å². The highest BCUT2D eigenvalue weighted by Gasteiger charge is 2.44. The lowest BCUT2D eigenvalue weighted by molar-refractivity contribution is -0.0675. The average molecular weight is 480 g/mol. The number of anilines is 1. The number of nitrogens with zero attached hydrogens (tertiary/aromatic N) is 7. The first-order chi connectivity index (χ1) is 16.1. The number of halogens is 5. The molecule has 13 heteroatoms. The summed E-state index contributed by atoms with van der Waals surface area (Å²) in [5.74, 6) is -3.33. The number of imidazole rings is 1. The number of alkyl halides is 4. The van der Waals surface area contributed by atoms with E-state index in [4.69, 9.17) is 0 Å². The lowest BCUT2D eigenvalue weighted by Crippen LogP contribution is -2.53. The molecule has 180 valence electrons. The Kier molecular flexibility index (Phi) is 5.38. The van der Waals surface area contributed by atoms with Crippen LogP contribution in [0.3, 0.4) is 0 Å². The molecule has 0 aromatic carbocycles. The number of fused-ring (bicyclic) bond motifs is 2. The van der Waals surface area contributed by atoms with Crippen LogP contribution >= 0.6 is 0 Å². The Morgan fingerprint density at radius 3 is 2.76 bits per heavy atom. The molecule has 0 spiro atoms. The predicted octanol–water partition coefficient (Wildman–Crippen LogP) is 3.60. The molecule has 0 radical (unpaired) electrons. The van der Waals surface area contributed by atoms with Crippen LogP contribution < -0.4 is 5.32 Å². The maximum atomic E-state index is 14.9. The van der Waals surface area contributed by atoms with E-state index in [0.717, 1.165) is 6.20 Å². The Balaban J connectivity index is 1.50. The van der Waals surface area contributed by atoms with Crippen LogP contribution in [0.5, 0.6) is 0 Å². The summed E-state index contributed by atoms with van der Waals surface area (Å²) in [5.41, 5.74) is 1.13. The summed E-state index contributed by atoms with van der Waals surface area (Å²) in [6, 6.07) is 1.96. The number of likely N-dealkylation sites (tertiary alicyclic amines) is 1. The second-order valence-electron chi connectivity index (χ2n) is 8.45. The molecule has 34 heavy (non-hydrogen) atoms. The Morgan fingerprint density at radius 2 is 2.03 bits per heavy atom. The quantitative estimate of drug-likeness (QED) is 0.440. The van der Waals surface area contributed by atoms with Gasteiger partial charge in [0.1, 0.15) is 11.3 Å². The fourth-order valence-electron chi connectivity index (χ4n) is 4.31. The summed E-state index contributed by atoms with van der Waals surface area (Å²) in [7, 11) is 1.63. The third-order valence-corrected chi connectivity index (χ3v) is 5.94. The van der Waals surface area contributed by atoms with Crippen molar-refractivity contribution in [3.05, 3.63) is 36.2 Å². The minimum Gasteiger partial charge on any atom is -0.344 e. The maximum absolute atomic E-state index is 14.9. The van der Waals surface area contributed by atoms with Crippen molar-refractivity contribution in [3.8, 4) is 11.3 Å². The minimum atomic E-state index is -2.98. The van der Waals surface area contributed by atoms with Crippen LogP contribution in [0, 0.1) is 12.7 Å². The van der Waals surface area contributed by atoms with Crippen LogP contribution in [0.1, 0.15) is 12.2 Å². The van der Waals surface area contributed by atoms with Crippen molar-refractivity contribution in [3.63, 3.8) is 0 Å². The standard InChI is InChI=1S/C21H21F5N8/c1-11-28-14-4-3-13(29-19(14)33(11)9-17(23)24)18-12(22)8-34-15(18)7-27-20(31-34)30-16-5-6-32(2)10-21(16,25)26/h3-4,7-8,16-17H,5-6,9-10H2,1-2H3,(H,30,31). The molecule has 1 fully saturated rings. The van der Waals surface area contributed by atoms with E-state index in [0.29, 0.717) is 17.9 Å². The van der Waals surface area contributed by atoms with Gasteiger partial charge < -0.3 is 14.8 Å². The van der Waals surface area contributed by atoms with E-state index in [9.17, 15) is 22.0 Å². The fourth-order valence-corrected chi connectivity index (χ4v) is 4.31. The molecule has 1 atom stereocenters. The Labute approximate surface area is 190 Å². The molecule has 1 aliphatic rings. The normalized spacial score (nSPS) is 18.9. The van der Waals surface area contributed by atoms with Crippen LogP contribution in [0.4, 0.5) is 27.9 Å². The van der Waals surface area contributed by atoms with Gasteiger partial charge in [0.05, 0.1) is 48.3 Å². The molecular weight excluding hydrogens is 459 g/mol. The van der Waals surface area contributed by atoms with Gasteiger partial charge in [0.2, 0.25) is 5.95 Å². The third-order valence-electron chi connectivity index (χ3n) is 5.94. The van der Waals surface area contributed by atoms with Crippen molar-refractivity contribution < 1.29 is 22.0 Å². The van der Waals surface area contributed by atoms with Crippen molar-refractivity contribution in [1.29, 1.82) is 0 Å². The number of aromatic nitrogens is 6. The molecule has 4 aromatic rings. The van der Waals surface area contributed by atoms with E-state index in [1.165, 1.54) is 21.3 Å². The summed E-state index contributed by atoms with van der Waals surface area (Å²) >= 11 is 0. The molecule has 1 N–H and O–H groups in total. The average Bonchev–Trinajstić information content (AvgIpc) is 3.24. The van der Waals surface area contributed by atoms with Gasteiger partial charge in [0.15, 0.2) is 11.5 Å². The summed E-state index contributed by atoms with van der Waals surface area (Å²) in [6.07, 6.45) is 0.00268. The molecule has 8 nitrogen and oxygen atoms in total. The highest BCUT2D eigenvalue weighted by Crippen LogP contribution is 2.31. The van der Waals surface area contributed by atoms with E-state index in [1.54, 1.807) is 24.9 Å². The summed E-state index contributed by atoms with van der Waals surface area (Å²) in [6.45, 7) is 1.12. The first-order valence-corrected chi connectivity index (χ1v) is 10.6. The highest BCUT2D eigenvalue weighted by atomic mass is 19.3. The number of nitrogens with one attached hydrogen (secondary N) is 1. The Hall–Kier alpha value is -3.35. The first-order valence-electron chi connectivity index (χ1n) is 10.6. The summed E-state index contributed by atoms with van der Waals surface area (Å²) in [4.78, 5) is 14.3. The predicted molar refractivity (Wildman–Crippen MR) is 115 cm³/mol. The van der Waals surface area contributed by atoms with Crippen molar-refractivity contribution in [2.45, 2.75) is 38.3 Å². The van der Waals surface area contributed by atoms with E-state index in [-0.39, 0.29) is 41.3 Å². The number of aryl methyl sites for hydroxylation is 1. The monoisotopic (exact) mass is 480 g/mol. The zero-order chi connectivity index (χ0) is 24.2. The fraction of sp³-hybridized carbons (Fsp3) is 0.429. The van der Waals surface area contributed by atoms with Gasteiger partial charge in [-0.3, -0.25) is 0 Å². The number of hydrogen-bond acceptors (Lipinski definition) is 6. The van der Waals surface area contributed by atoms with E-state index >= 15 is 0 Å². The molecule has 4 aromatic heterocycles. The lowest BCUT2D eigenvalue weighted by Gasteiger charge is -2.36. The molecule has 5 rings (SSSR count). The molecule has 1 aliphatic heterocycles. The van der Waals surface area contributed by atoms with Crippen molar-refractivity contribution in [2.75, 3.05) is 25.5 Å². The van der Waals surface area contributed by atoms with Gasteiger partial charge in [-0.25, -0.2) is 41.4 Å². The van der Waals surface area contributed by atoms with E-state index < -0.39 is 30.8 Å². The van der Waals surface area contributed by atoms with Gasteiger partial charge in [-0.05, 0) is 32.5 Å². The Morgan fingerprint density at radius 1 is 1.24 bits per heavy atom. The van der Waals surface area contributed by atoms with E-state index in [2.05, 4.69) is 25.4 Å². The summed E-state index contributed by atoms with van der Waals surface area (Å²) < 4.78 is 72.2. The number of hydrogen-bond donors (Lipinski definition) is 1. The molecule has 1 saturated heterocycles. The lowest BCUT2D eigenvalue weighted by atomic mass is 10.0.